The van der Waals surface area contributed by atoms with E-state index in [2.05, 4.69) is 5.32 Å². The lowest BCUT2D eigenvalue weighted by atomic mass is 9.80. The van der Waals surface area contributed by atoms with Crippen molar-refractivity contribution in [1.82, 2.24) is 5.32 Å². The lowest BCUT2D eigenvalue weighted by molar-refractivity contribution is -0.145. The minimum atomic E-state index is -0.805. The van der Waals surface area contributed by atoms with Gasteiger partial charge in [-0.05, 0) is 37.5 Å². The van der Waals surface area contributed by atoms with Gasteiger partial charge in [-0.25, -0.2) is 8.78 Å². The van der Waals surface area contributed by atoms with E-state index >= 15 is 0 Å². The number of carboxylic acids is 1. The second-order valence-electron chi connectivity index (χ2n) is 4.79. The summed E-state index contributed by atoms with van der Waals surface area (Å²) in [6.07, 6.45) is 1.04. The molecule has 0 heterocycles. The van der Waals surface area contributed by atoms with E-state index in [4.69, 9.17) is 5.11 Å². The average molecular weight is 255 g/mol. The van der Waals surface area contributed by atoms with Crippen molar-refractivity contribution in [3.8, 4) is 0 Å². The Morgan fingerprint density at radius 3 is 2.44 bits per heavy atom. The van der Waals surface area contributed by atoms with Gasteiger partial charge in [0.1, 0.15) is 11.6 Å². The van der Waals surface area contributed by atoms with Gasteiger partial charge in [-0.2, -0.15) is 0 Å². The van der Waals surface area contributed by atoms with E-state index in [1.807, 2.05) is 0 Å². The molecule has 0 spiro atoms. The molecule has 1 saturated carbocycles. The highest BCUT2D eigenvalue weighted by Gasteiger charge is 2.34. The number of nitrogens with one attached hydrogen (secondary N) is 1. The molecule has 0 amide bonds. The Labute approximate surface area is 104 Å². The molecule has 0 aromatic heterocycles. The van der Waals surface area contributed by atoms with Gasteiger partial charge in [-0.15, -0.1) is 0 Å². The van der Waals surface area contributed by atoms with Gasteiger partial charge in [0.25, 0.3) is 0 Å². The van der Waals surface area contributed by atoms with Gasteiger partial charge in [-0.3, -0.25) is 4.79 Å². The number of benzene rings is 1. The number of hydrogen-bond donors (Lipinski definition) is 2. The zero-order chi connectivity index (χ0) is 13.3. The Hall–Kier alpha value is -1.49. The summed E-state index contributed by atoms with van der Waals surface area (Å²) in [5.74, 6) is -2.25. The molecule has 1 aliphatic carbocycles. The first kappa shape index (κ1) is 13.0. The number of carboxylic acid groups (broad SMARTS) is 1. The molecule has 3 nitrogen and oxygen atoms in total. The molecule has 0 aliphatic heterocycles. The summed E-state index contributed by atoms with van der Waals surface area (Å²) in [7, 11) is 0. The van der Waals surface area contributed by atoms with Gasteiger partial charge >= 0.3 is 5.97 Å². The van der Waals surface area contributed by atoms with Crippen molar-refractivity contribution in [2.24, 2.45) is 5.92 Å². The van der Waals surface area contributed by atoms with Crippen LogP contribution >= 0.6 is 0 Å². The molecular weight excluding hydrogens is 240 g/mol. The van der Waals surface area contributed by atoms with Crippen molar-refractivity contribution < 1.29 is 18.7 Å². The van der Waals surface area contributed by atoms with Crippen LogP contribution in [-0.2, 0) is 11.3 Å². The molecule has 1 aromatic carbocycles. The van der Waals surface area contributed by atoms with Crippen LogP contribution in [0.1, 0.15) is 24.0 Å². The van der Waals surface area contributed by atoms with Crippen LogP contribution in [0.4, 0.5) is 8.78 Å². The maximum Gasteiger partial charge on any atom is 0.306 e. The third-order valence-electron chi connectivity index (χ3n) is 3.34. The lowest BCUT2D eigenvalue weighted by Gasteiger charge is -2.33. The standard InChI is InChI=1S/C13H15F2NO2/c1-7-2-11(14)10(12(15)3-7)6-16-9-4-8(5-9)13(17)18/h2-3,8-9,16H,4-6H2,1H3,(H,17,18). The monoisotopic (exact) mass is 255 g/mol. The fourth-order valence-electron chi connectivity index (χ4n) is 2.13. The van der Waals surface area contributed by atoms with Gasteiger partial charge in [0.05, 0.1) is 5.92 Å². The van der Waals surface area contributed by atoms with Crippen LogP contribution in [0.5, 0.6) is 0 Å². The van der Waals surface area contributed by atoms with Crippen molar-refractivity contribution in [3.63, 3.8) is 0 Å². The Bertz CT molecular complexity index is 447. The highest BCUT2D eigenvalue weighted by molar-refractivity contribution is 5.71. The van der Waals surface area contributed by atoms with Crippen LogP contribution in [0.3, 0.4) is 0 Å². The van der Waals surface area contributed by atoms with E-state index in [0.29, 0.717) is 18.4 Å². The molecule has 2 N–H and O–H groups in total. The summed E-state index contributed by atoms with van der Waals surface area (Å²) in [4.78, 5) is 10.6. The topological polar surface area (TPSA) is 49.3 Å². The highest BCUT2D eigenvalue weighted by Crippen LogP contribution is 2.28. The first-order valence-electron chi connectivity index (χ1n) is 5.88. The third-order valence-corrected chi connectivity index (χ3v) is 3.34. The first-order valence-corrected chi connectivity index (χ1v) is 5.88. The zero-order valence-corrected chi connectivity index (χ0v) is 10.0. The van der Waals surface area contributed by atoms with Gasteiger partial charge in [-0.1, -0.05) is 0 Å². The number of carbonyl (C=O) groups is 1. The molecule has 18 heavy (non-hydrogen) atoms. The van der Waals surface area contributed by atoms with Crippen molar-refractivity contribution in [2.45, 2.75) is 32.4 Å². The van der Waals surface area contributed by atoms with E-state index in [-0.39, 0.29) is 24.1 Å². The van der Waals surface area contributed by atoms with Gasteiger partial charge in [0, 0.05) is 18.2 Å². The van der Waals surface area contributed by atoms with Crippen molar-refractivity contribution in [1.29, 1.82) is 0 Å². The van der Waals surface area contributed by atoms with Crippen molar-refractivity contribution >= 4 is 5.97 Å². The average Bonchev–Trinajstić information content (AvgIpc) is 2.17. The smallest absolute Gasteiger partial charge is 0.306 e. The van der Waals surface area contributed by atoms with Crippen LogP contribution < -0.4 is 5.32 Å². The van der Waals surface area contributed by atoms with E-state index < -0.39 is 17.6 Å². The predicted octanol–water partition coefficient (Wildman–Crippen LogP) is 2.23. The number of aryl methyl sites for hydroxylation is 1. The predicted molar refractivity (Wildman–Crippen MR) is 62.1 cm³/mol. The molecule has 1 aromatic rings. The summed E-state index contributed by atoms with van der Waals surface area (Å²) in [5, 5.41) is 11.7. The maximum absolute atomic E-state index is 13.5. The number of aliphatic carboxylic acids is 1. The fourth-order valence-corrected chi connectivity index (χ4v) is 2.13. The largest absolute Gasteiger partial charge is 0.481 e. The van der Waals surface area contributed by atoms with Crippen molar-refractivity contribution in [3.05, 3.63) is 34.9 Å². The summed E-state index contributed by atoms with van der Waals surface area (Å²) in [6.45, 7) is 1.72. The number of halogens is 2. The molecule has 2 rings (SSSR count). The number of rotatable bonds is 4. The van der Waals surface area contributed by atoms with Crippen LogP contribution in [0.2, 0.25) is 0 Å². The van der Waals surface area contributed by atoms with Crippen molar-refractivity contribution in [2.75, 3.05) is 0 Å². The highest BCUT2D eigenvalue weighted by atomic mass is 19.1. The molecule has 0 saturated heterocycles. The summed E-state index contributed by atoms with van der Waals surface area (Å²) < 4.78 is 27.0. The fraction of sp³-hybridized carbons (Fsp3) is 0.462. The second-order valence-corrected chi connectivity index (χ2v) is 4.79. The van der Waals surface area contributed by atoms with Crippen LogP contribution in [0.15, 0.2) is 12.1 Å². The van der Waals surface area contributed by atoms with E-state index in [1.54, 1.807) is 6.92 Å². The van der Waals surface area contributed by atoms with Gasteiger partial charge in [0.2, 0.25) is 0 Å². The lowest BCUT2D eigenvalue weighted by Crippen LogP contribution is -2.44. The van der Waals surface area contributed by atoms with E-state index in [0.717, 1.165) is 0 Å². The molecule has 98 valence electrons. The zero-order valence-electron chi connectivity index (χ0n) is 10.0. The molecule has 0 radical (unpaired) electrons. The molecule has 0 atom stereocenters. The summed E-state index contributed by atoms with van der Waals surface area (Å²) >= 11 is 0. The maximum atomic E-state index is 13.5. The third kappa shape index (κ3) is 2.67. The Kier molecular flexibility index (Phi) is 3.61. The summed E-state index contributed by atoms with van der Waals surface area (Å²) in [6, 6.07) is 2.62. The molecule has 0 bridgehead atoms. The van der Waals surface area contributed by atoms with Crippen LogP contribution in [0.25, 0.3) is 0 Å². The van der Waals surface area contributed by atoms with Crippen LogP contribution in [-0.4, -0.2) is 17.1 Å². The SMILES string of the molecule is Cc1cc(F)c(CNC2CC(C(=O)O)C2)c(F)c1. The minimum Gasteiger partial charge on any atom is -0.481 e. The van der Waals surface area contributed by atoms with E-state index in [1.165, 1.54) is 12.1 Å². The van der Waals surface area contributed by atoms with E-state index in [9.17, 15) is 13.6 Å². The normalized spacial score (nSPS) is 22.6. The quantitative estimate of drug-likeness (QED) is 0.867. The second kappa shape index (κ2) is 5.02. The Balaban J connectivity index is 1.90. The molecular formula is C13H15F2NO2. The first-order chi connectivity index (χ1) is 8.47. The molecule has 5 heteroatoms. The van der Waals surface area contributed by atoms with Gasteiger partial charge < -0.3 is 10.4 Å². The summed E-state index contributed by atoms with van der Waals surface area (Å²) in [5.41, 5.74) is 0.558. The minimum absolute atomic E-state index is 0.0133. The molecule has 1 fully saturated rings. The molecule has 0 unspecified atom stereocenters. The van der Waals surface area contributed by atoms with Crippen LogP contribution in [0, 0.1) is 24.5 Å². The Morgan fingerprint density at radius 2 is 1.94 bits per heavy atom. The van der Waals surface area contributed by atoms with Gasteiger partial charge in [0.15, 0.2) is 0 Å². The molecule has 1 aliphatic rings. The Morgan fingerprint density at radius 1 is 1.39 bits per heavy atom. The number of hydrogen-bond acceptors (Lipinski definition) is 2.